The fourth-order valence-electron chi connectivity index (χ4n) is 3.86. The largest absolute Gasteiger partial charge is 0.481 e. The maximum atomic E-state index is 12.8. The maximum Gasteiger partial charge on any atom is 0.307 e. The second-order valence-electron chi connectivity index (χ2n) is 7.13. The second-order valence-corrected chi connectivity index (χ2v) is 8.17. The number of carboxylic acids is 1. The van der Waals surface area contributed by atoms with Crippen LogP contribution in [0, 0.1) is 11.3 Å². The third-order valence-electron chi connectivity index (χ3n) is 5.61. The summed E-state index contributed by atoms with van der Waals surface area (Å²) >= 11 is 1.67. The van der Waals surface area contributed by atoms with Gasteiger partial charge in [-0.05, 0) is 42.9 Å². The molecule has 2 fully saturated rings. The van der Waals surface area contributed by atoms with Gasteiger partial charge in [0.1, 0.15) is 0 Å². The van der Waals surface area contributed by atoms with Crippen molar-refractivity contribution < 1.29 is 19.1 Å². The van der Waals surface area contributed by atoms with Gasteiger partial charge in [-0.1, -0.05) is 18.2 Å². The van der Waals surface area contributed by atoms with Crippen molar-refractivity contribution in [2.24, 2.45) is 11.3 Å². The lowest BCUT2D eigenvalue weighted by Gasteiger charge is -2.32. The van der Waals surface area contributed by atoms with Crippen LogP contribution in [-0.4, -0.2) is 35.0 Å². The number of piperidine rings is 1. The number of carboxylic acid groups (broad SMARTS) is 1. The molecular weight excluding hydrogens is 350 g/mol. The van der Waals surface area contributed by atoms with Crippen LogP contribution >= 0.6 is 11.8 Å². The molecule has 1 atom stereocenters. The van der Waals surface area contributed by atoms with E-state index < -0.39 is 5.97 Å². The molecule has 1 aromatic heterocycles. The molecule has 1 amide bonds. The summed E-state index contributed by atoms with van der Waals surface area (Å²) in [5.74, 6) is 0.0914. The fourth-order valence-corrected chi connectivity index (χ4v) is 4.76. The molecule has 2 aromatic rings. The van der Waals surface area contributed by atoms with Crippen LogP contribution in [0.3, 0.4) is 0 Å². The average molecular weight is 371 g/mol. The Bertz CT molecular complexity index is 808. The molecular formula is C20H21NO4S. The Hall–Kier alpha value is -2.21. The van der Waals surface area contributed by atoms with Crippen LogP contribution in [0.2, 0.25) is 0 Å². The Morgan fingerprint density at radius 3 is 2.58 bits per heavy atom. The molecule has 1 aliphatic carbocycles. The van der Waals surface area contributed by atoms with Gasteiger partial charge in [0.25, 0.3) is 5.91 Å². The minimum Gasteiger partial charge on any atom is -0.481 e. The molecule has 2 aliphatic rings. The van der Waals surface area contributed by atoms with E-state index in [0.29, 0.717) is 24.6 Å². The van der Waals surface area contributed by atoms with Crippen LogP contribution in [-0.2, 0) is 10.5 Å². The third kappa shape index (κ3) is 3.26. The monoisotopic (exact) mass is 371 g/mol. The highest BCUT2D eigenvalue weighted by molar-refractivity contribution is 7.98. The number of carbonyl (C=O) groups excluding carboxylic acids is 1. The summed E-state index contributed by atoms with van der Waals surface area (Å²) in [5.41, 5.74) is 0.830. The summed E-state index contributed by atoms with van der Waals surface area (Å²) in [6, 6.07) is 11.9. The van der Waals surface area contributed by atoms with E-state index in [9.17, 15) is 14.7 Å². The molecule has 0 radical (unpaired) electrons. The first kappa shape index (κ1) is 17.2. The van der Waals surface area contributed by atoms with Gasteiger partial charge < -0.3 is 14.4 Å². The van der Waals surface area contributed by atoms with E-state index in [-0.39, 0.29) is 17.2 Å². The van der Waals surface area contributed by atoms with E-state index >= 15 is 0 Å². The van der Waals surface area contributed by atoms with Crippen molar-refractivity contribution in [2.75, 3.05) is 13.1 Å². The summed E-state index contributed by atoms with van der Waals surface area (Å²) in [4.78, 5) is 27.0. The normalized spacial score (nSPS) is 20.9. The lowest BCUT2D eigenvalue weighted by Crippen LogP contribution is -2.40. The van der Waals surface area contributed by atoms with E-state index in [1.165, 1.54) is 0 Å². The highest BCUT2D eigenvalue weighted by atomic mass is 32.2. The van der Waals surface area contributed by atoms with Crippen molar-refractivity contribution >= 4 is 23.6 Å². The van der Waals surface area contributed by atoms with Gasteiger partial charge in [-0.2, -0.15) is 0 Å². The van der Waals surface area contributed by atoms with E-state index in [2.05, 4.69) is 0 Å². The number of nitrogens with zero attached hydrogens (tertiary/aromatic N) is 1. The van der Waals surface area contributed by atoms with Crippen molar-refractivity contribution in [3.63, 3.8) is 0 Å². The molecule has 1 aliphatic heterocycles. The minimum atomic E-state index is -0.698. The summed E-state index contributed by atoms with van der Waals surface area (Å²) in [5, 5.41) is 9.19. The molecule has 136 valence electrons. The molecule has 1 saturated carbocycles. The summed E-state index contributed by atoms with van der Waals surface area (Å²) < 4.78 is 5.50. The van der Waals surface area contributed by atoms with Crippen LogP contribution in [0.25, 0.3) is 0 Å². The highest BCUT2D eigenvalue weighted by Gasteiger charge is 2.59. The van der Waals surface area contributed by atoms with Gasteiger partial charge in [-0.15, -0.1) is 11.8 Å². The van der Waals surface area contributed by atoms with Crippen LogP contribution in [0.15, 0.2) is 52.0 Å². The SMILES string of the molecule is O=C(O)C1CC12CCN(C(=O)c1occc1CSc1ccccc1)CC2. The third-order valence-corrected chi connectivity index (χ3v) is 6.67. The number of benzene rings is 1. The zero-order chi connectivity index (χ0) is 18.1. The molecule has 5 nitrogen and oxygen atoms in total. The van der Waals surface area contributed by atoms with Crippen LogP contribution in [0.5, 0.6) is 0 Å². The standard InChI is InChI=1S/C20H21NO4S/c22-18(21-9-7-20(8-10-21)12-16(20)19(23)24)17-14(6-11-25-17)13-26-15-4-2-1-3-5-15/h1-6,11,16H,7-10,12-13H2,(H,23,24). The summed E-state index contributed by atoms with van der Waals surface area (Å²) in [7, 11) is 0. The number of likely N-dealkylation sites (tertiary alicyclic amines) is 1. The molecule has 0 bridgehead atoms. The predicted molar refractivity (Wildman–Crippen MR) is 98.0 cm³/mol. The van der Waals surface area contributed by atoms with Crippen LogP contribution in [0.4, 0.5) is 0 Å². The Kier molecular flexibility index (Phi) is 4.53. The van der Waals surface area contributed by atoms with Gasteiger partial charge in [0.05, 0.1) is 12.2 Å². The number of aliphatic carboxylic acids is 1. The topological polar surface area (TPSA) is 70.8 Å². The second kappa shape index (κ2) is 6.83. The molecule has 1 aromatic carbocycles. The van der Waals surface area contributed by atoms with Gasteiger partial charge in [-0.25, -0.2) is 0 Å². The molecule has 2 heterocycles. The number of carbonyl (C=O) groups is 2. The zero-order valence-corrected chi connectivity index (χ0v) is 15.2. The van der Waals surface area contributed by atoms with Gasteiger partial charge >= 0.3 is 5.97 Å². The predicted octanol–water partition coefficient (Wildman–Crippen LogP) is 3.90. The van der Waals surface area contributed by atoms with Crippen LogP contribution < -0.4 is 0 Å². The molecule has 1 unspecified atom stereocenters. The van der Waals surface area contributed by atoms with Gasteiger partial charge in [0.15, 0.2) is 5.76 Å². The Morgan fingerprint density at radius 2 is 1.92 bits per heavy atom. The lowest BCUT2D eigenvalue weighted by atomic mass is 9.90. The Labute approximate surface area is 156 Å². The van der Waals surface area contributed by atoms with Gasteiger partial charge in [0.2, 0.25) is 0 Å². The molecule has 4 rings (SSSR count). The number of furan rings is 1. The first-order valence-electron chi connectivity index (χ1n) is 8.85. The number of thioether (sulfide) groups is 1. The van der Waals surface area contributed by atoms with Crippen LogP contribution in [0.1, 0.15) is 35.4 Å². The molecule has 1 spiro atoms. The molecule has 1 saturated heterocycles. The number of hydrogen-bond donors (Lipinski definition) is 1. The van der Waals surface area contributed by atoms with Gasteiger partial charge in [0, 0.05) is 29.3 Å². The number of hydrogen-bond acceptors (Lipinski definition) is 4. The molecule has 1 N–H and O–H groups in total. The van der Waals surface area contributed by atoms with E-state index in [4.69, 9.17) is 4.42 Å². The quantitative estimate of drug-likeness (QED) is 0.807. The first-order valence-corrected chi connectivity index (χ1v) is 9.84. The first-order chi connectivity index (χ1) is 12.6. The minimum absolute atomic E-state index is 0.0717. The van der Waals surface area contributed by atoms with Crippen molar-refractivity contribution in [3.8, 4) is 0 Å². The molecule has 26 heavy (non-hydrogen) atoms. The smallest absolute Gasteiger partial charge is 0.307 e. The average Bonchev–Trinajstić information content (AvgIpc) is 3.16. The number of amides is 1. The molecule has 6 heteroatoms. The Balaban J connectivity index is 1.37. The number of rotatable bonds is 5. The van der Waals surface area contributed by atoms with E-state index in [0.717, 1.165) is 29.7 Å². The maximum absolute atomic E-state index is 12.8. The van der Waals surface area contributed by atoms with Crippen molar-refractivity contribution in [2.45, 2.75) is 29.9 Å². The lowest BCUT2D eigenvalue weighted by molar-refractivity contribution is -0.139. The van der Waals surface area contributed by atoms with Gasteiger partial charge in [-0.3, -0.25) is 9.59 Å². The summed E-state index contributed by atoms with van der Waals surface area (Å²) in [6.45, 7) is 1.21. The Morgan fingerprint density at radius 1 is 1.19 bits per heavy atom. The van der Waals surface area contributed by atoms with E-state index in [1.54, 1.807) is 22.9 Å². The fraction of sp³-hybridized carbons (Fsp3) is 0.400. The zero-order valence-electron chi connectivity index (χ0n) is 14.4. The highest BCUT2D eigenvalue weighted by Crippen LogP contribution is 2.59. The van der Waals surface area contributed by atoms with Crippen molar-refractivity contribution in [3.05, 3.63) is 54.0 Å². The van der Waals surface area contributed by atoms with Crippen molar-refractivity contribution in [1.29, 1.82) is 0 Å². The van der Waals surface area contributed by atoms with E-state index in [1.807, 2.05) is 36.4 Å². The van der Waals surface area contributed by atoms with Crippen molar-refractivity contribution in [1.82, 2.24) is 4.90 Å². The summed E-state index contributed by atoms with van der Waals surface area (Å²) in [6.07, 6.45) is 3.86.